The third kappa shape index (κ3) is 3.79. The van der Waals surface area contributed by atoms with Gasteiger partial charge in [0, 0.05) is 19.2 Å². The number of aromatic nitrogens is 1. The van der Waals surface area contributed by atoms with Crippen LogP contribution in [0.4, 0.5) is 0 Å². The first-order chi connectivity index (χ1) is 8.25. The zero-order valence-corrected chi connectivity index (χ0v) is 10.4. The summed E-state index contributed by atoms with van der Waals surface area (Å²) in [6.07, 6.45) is 6.53. The number of carbonyl (C=O) groups excluding carboxylic acids is 1. The topological polar surface area (TPSA) is 39.2 Å². The van der Waals surface area contributed by atoms with Crippen molar-refractivity contribution in [1.82, 2.24) is 4.98 Å². The second-order valence-corrected chi connectivity index (χ2v) is 4.75. The van der Waals surface area contributed by atoms with Crippen LogP contribution in [0.5, 0.6) is 0 Å². The Morgan fingerprint density at radius 1 is 1.53 bits per heavy atom. The molecule has 0 N–H and O–H groups in total. The van der Waals surface area contributed by atoms with Gasteiger partial charge in [-0.3, -0.25) is 9.78 Å². The Labute approximate surface area is 106 Å². The van der Waals surface area contributed by atoms with Crippen LogP contribution in [-0.4, -0.2) is 23.5 Å². The Morgan fingerprint density at radius 3 is 3.06 bits per heavy atom. The molecule has 1 aliphatic rings. The first kappa shape index (κ1) is 12.5. The van der Waals surface area contributed by atoms with Crippen LogP contribution in [0.3, 0.4) is 0 Å². The van der Waals surface area contributed by atoms with Crippen LogP contribution < -0.4 is 0 Å². The summed E-state index contributed by atoms with van der Waals surface area (Å²) < 4.78 is 5.51. The van der Waals surface area contributed by atoms with Gasteiger partial charge in [-0.1, -0.05) is 11.6 Å². The van der Waals surface area contributed by atoms with Crippen molar-refractivity contribution in [2.45, 2.75) is 38.2 Å². The molecule has 1 saturated heterocycles. The number of ketones is 1. The van der Waals surface area contributed by atoms with Gasteiger partial charge in [0.1, 0.15) is 5.69 Å². The van der Waals surface area contributed by atoms with Crippen LogP contribution in [0.15, 0.2) is 18.3 Å². The molecule has 2 heterocycles. The van der Waals surface area contributed by atoms with Gasteiger partial charge in [-0.15, -0.1) is 0 Å². The van der Waals surface area contributed by atoms with Crippen molar-refractivity contribution >= 4 is 17.4 Å². The summed E-state index contributed by atoms with van der Waals surface area (Å²) in [7, 11) is 0. The first-order valence-electron chi connectivity index (χ1n) is 6.02. The molecule has 1 atom stereocenters. The quantitative estimate of drug-likeness (QED) is 0.756. The van der Waals surface area contributed by atoms with Crippen molar-refractivity contribution in [2.24, 2.45) is 0 Å². The van der Waals surface area contributed by atoms with Gasteiger partial charge in [0.05, 0.1) is 11.1 Å². The van der Waals surface area contributed by atoms with Crippen molar-refractivity contribution < 1.29 is 9.53 Å². The molecule has 1 aromatic rings. The predicted molar refractivity (Wildman–Crippen MR) is 66.4 cm³/mol. The van der Waals surface area contributed by atoms with E-state index >= 15 is 0 Å². The fourth-order valence-corrected chi connectivity index (χ4v) is 2.14. The van der Waals surface area contributed by atoms with E-state index in [1.54, 1.807) is 12.1 Å². The number of carbonyl (C=O) groups is 1. The molecule has 0 saturated carbocycles. The molecular formula is C13H16ClNO2. The van der Waals surface area contributed by atoms with E-state index in [2.05, 4.69) is 4.98 Å². The Bertz CT molecular complexity index is 372. The maximum absolute atomic E-state index is 11.8. The number of hydrogen-bond acceptors (Lipinski definition) is 3. The van der Waals surface area contributed by atoms with E-state index in [1.165, 1.54) is 6.20 Å². The van der Waals surface area contributed by atoms with Crippen LogP contribution in [0.2, 0.25) is 5.02 Å². The molecule has 1 aliphatic heterocycles. The zero-order valence-electron chi connectivity index (χ0n) is 9.69. The SMILES string of the molecule is O=C(CCCC1CCCO1)c1ccc(Cl)cn1. The second-order valence-electron chi connectivity index (χ2n) is 4.31. The molecule has 0 aliphatic carbocycles. The highest BCUT2D eigenvalue weighted by Crippen LogP contribution is 2.18. The highest BCUT2D eigenvalue weighted by atomic mass is 35.5. The molecule has 4 heteroatoms. The highest BCUT2D eigenvalue weighted by Gasteiger charge is 2.16. The molecule has 1 aromatic heterocycles. The summed E-state index contributed by atoms with van der Waals surface area (Å²) in [5, 5.41) is 0.556. The molecule has 17 heavy (non-hydrogen) atoms. The van der Waals surface area contributed by atoms with Crippen LogP contribution in [-0.2, 0) is 4.74 Å². The van der Waals surface area contributed by atoms with Gasteiger partial charge in [-0.25, -0.2) is 0 Å². The lowest BCUT2D eigenvalue weighted by molar-refractivity contribution is 0.0919. The van der Waals surface area contributed by atoms with E-state index in [1.807, 2.05) is 0 Å². The maximum atomic E-state index is 11.8. The molecule has 0 bridgehead atoms. The lowest BCUT2D eigenvalue weighted by atomic mass is 10.1. The van der Waals surface area contributed by atoms with Gasteiger partial charge in [0.2, 0.25) is 0 Å². The molecule has 0 amide bonds. The molecule has 92 valence electrons. The van der Waals surface area contributed by atoms with Crippen molar-refractivity contribution in [3.05, 3.63) is 29.0 Å². The predicted octanol–water partition coefficient (Wildman–Crippen LogP) is 3.27. The lowest BCUT2D eigenvalue weighted by Gasteiger charge is -2.07. The monoisotopic (exact) mass is 253 g/mol. The summed E-state index contributed by atoms with van der Waals surface area (Å²) >= 11 is 5.72. The zero-order chi connectivity index (χ0) is 12.1. The lowest BCUT2D eigenvalue weighted by Crippen LogP contribution is -2.07. The van der Waals surface area contributed by atoms with E-state index in [0.717, 1.165) is 32.3 Å². The third-order valence-electron chi connectivity index (χ3n) is 2.97. The standard InChI is InChI=1S/C13H16ClNO2/c14-10-6-7-12(15-9-10)13(16)5-1-3-11-4-2-8-17-11/h6-7,9,11H,1-5,8H2. The van der Waals surface area contributed by atoms with Gasteiger partial charge in [-0.2, -0.15) is 0 Å². The van der Waals surface area contributed by atoms with Gasteiger partial charge in [0.25, 0.3) is 0 Å². The molecule has 3 nitrogen and oxygen atoms in total. The molecule has 0 spiro atoms. The Kier molecular flexibility index (Phi) is 4.51. The van der Waals surface area contributed by atoms with E-state index in [4.69, 9.17) is 16.3 Å². The number of halogens is 1. The summed E-state index contributed by atoms with van der Waals surface area (Å²) in [6, 6.07) is 3.37. The van der Waals surface area contributed by atoms with Crippen LogP contribution in [0.25, 0.3) is 0 Å². The van der Waals surface area contributed by atoms with E-state index < -0.39 is 0 Å². The smallest absolute Gasteiger partial charge is 0.181 e. The van der Waals surface area contributed by atoms with Gasteiger partial charge >= 0.3 is 0 Å². The van der Waals surface area contributed by atoms with Crippen molar-refractivity contribution in [2.75, 3.05) is 6.61 Å². The average molecular weight is 254 g/mol. The fourth-order valence-electron chi connectivity index (χ4n) is 2.03. The summed E-state index contributed by atoms with van der Waals surface area (Å²) in [5.41, 5.74) is 0.502. The van der Waals surface area contributed by atoms with Gasteiger partial charge < -0.3 is 4.74 Å². The average Bonchev–Trinajstić information content (AvgIpc) is 2.83. The summed E-state index contributed by atoms with van der Waals surface area (Å²) in [5.74, 6) is 0.0830. The van der Waals surface area contributed by atoms with Gasteiger partial charge in [-0.05, 0) is 37.8 Å². The van der Waals surface area contributed by atoms with E-state index in [0.29, 0.717) is 23.2 Å². The van der Waals surface area contributed by atoms with E-state index in [-0.39, 0.29) is 5.78 Å². The van der Waals surface area contributed by atoms with Gasteiger partial charge in [0.15, 0.2) is 5.78 Å². The summed E-state index contributed by atoms with van der Waals surface area (Å²) in [6.45, 7) is 0.872. The first-order valence-corrected chi connectivity index (χ1v) is 6.40. The van der Waals surface area contributed by atoms with E-state index in [9.17, 15) is 4.79 Å². The fraction of sp³-hybridized carbons (Fsp3) is 0.538. The Balaban J connectivity index is 1.75. The summed E-state index contributed by atoms with van der Waals surface area (Å²) in [4.78, 5) is 15.8. The largest absolute Gasteiger partial charge is 0.378 e. The highest BCUT2D eigenvalue weighted by molar-refractivity contribution is 6.30. The minimum Gasteiger partial charge on any atom is -0.378 e. The number of pyridine rings is 1. The molecule has 0 aromatic carbocycles. The number of Topliss-reactive ketones (excluding diaryl/α,β-unsaturated/α-hetero) is 1. The molecular weight excluding hydrogens is 238 g/mol. The second kappa shape index (κ2) is 6.12. The minimum atomic E-state index is 0.0830. The molecule has 2 rings (SSSR count). The normalized spacial score (nSPS) is 19.5. The van der Waals surface area contributed by atoms with Crippen molar-refractivity contribution in [3.63, 3.8) is 0 Å². The van der Waals surface area contributed by atoms with Crippen molar-refractivity contribution in [3.8, 4) is 0 Å². The molecule has 0 radical (unpaired) electrons. The third-order valence-corrected chi connectivity index (χ3v) is 3.19. The van der Waals surface area contributed by atoms with Crippen LogP contribution in [0, 0.1) is 0 Å². The van der Waals surface area contributed by atoms with Crippen molar-refractivity contribution in [1.29, 1.82) is 0 Å². The van der Waals surface area contributed by atoms with Crippen LogP contribution >= 0.6 is 11.6 Å². The molecule has 1 fully saturated rings. The Hall–Kier alpha value is -0.930. The maximum Gasteiger partial charge on any atom is 0.181 e. The number of rotatable bonds is 5. The molecule has 1 unspecified atom stereocenters. The van der Waals surface area contributed by atoms with Crippen LogP contribution in [0.1, 0.15) is 42.6 Å². The number of ether oxygens (including phenoxy) is 1. The number of hydrogen-bond donors (Lipinski definition) is 0. The minimum absolute atomic E-state index is 0.0830. The number of nitrogens with zero attached hydrogens (tertiary/aromatic N) is 1. The Morgan fingerprint density at radius 2 is 2.41 bits per heavy atom.